The van der Waals surface area contributed by atoms with Gasteiger partial charge in [0.25, 0.3) is 0 Å². The van der Waals surface area contributed by atoms with Gasteiger partial charge in [-0.25, -0.2) is 0 Å². The van der Waals surface area contributed by atoms with Crippen LogP contribution in [-0.2, 0) is 11.2 Å². The van der Waals surface area contributed by atoms with E-state index in [-0.39, 0.29) is 0 Å². The third-order valence-corrected chi connectivity index (χ3v) is 2.72. The molecule has 0 aliphatic heterocycles. The Bertz CT molecular complexity index is 369. The quantitative estimate of drug-likeness (QED) is 0.704. The zero-order chi connectivity index (χ0) is 10.7. The number of fused-ring (bicyclic) bond motifs is 1. The van der Waals surface area contributed by atoms with Gasteiger partial charge in [-0.1, -0.05) is 18.7 Å². The second kappa shape index (κ2) is 4.49. The lowest BCUT2D eigenvalue weighted by molar-refractivity contribution is 0.0508. The molecule has 2 nitrogen and oxygen atoms in total. The van der Waals surface area contributed by atoms with E-state index < -0.39 is 0 Å². The smallest absolute Gasteiger partial charge is 0.188 e. The van der Waals surface area contributed by atoms with E-state index in [1.165, 1.54) is 23.1 Å². The van der Waals surface area contributed by atoms with Gasteiger partial charge in [-0.05, 0) is 36.5 Å². The first-order valence-corrected chi connectivity index (χ1v) is 5.24. The molecule has 0 radical (unpaired) electrons. The normalized spacial score (nSPS) is 14.9. The van der Waals surface area contributed by atoms with Crippen molar-refractivity contribution < 1.29 is 9.47 Å². The van der Waals surface area contributed by atoms with Crippen LogP contribution in [0.1, 0.15) is 24.0 Å². The molecule has 1 aromatic rings. The number of benzene rings is 1. The molecule has 1 aromatic carbocycles. The molecule has 1 aliphatic rings. The van der Waals surface area contributed by atoms with Gasteiger partial charge in [-0.2, -0.15) is 0 Å². The van der Waals surface area contributed by atoms with E-state index in [0.29, 0.717) is 6.79 Å². The van der Waals surface area contributed by atoms with Gasteiger partial charge in [0.2, 0.25) is 0 Å². The molecular formula is C13H16O2. The molecule has 0 heterocycles. The molecular weight excluding hydrogens is 188 g/mol. The summed E-state index contributed by atoms with van der Waals surface area (Å²) in [7, 11) is 1.63. The minimum Gasteiger partial charge on any atom is -0.467 e. The summed E-state index contributed by atoms with van der Waals surface area (Å²) in [5, 5.41) is 0. The molecule has 0 fully saturated rings. The maximum absolute atomic E-state index is 5.54. The van der Waals surface area contributed by atoms with Crippen molar-refractivity contribution in [2.24, 2.45) is 0 Å². The van der Waals surface area contributed by atoms with E-state index in [1.807, 2.05) is 12.1 Å². The number of ether oxygens (including phenoxy) is 2. The summed E-state index contributed by atoms with van der Waals surface area (Å²) in [4.78, 5) is 0. The first-order chi connectivity index (χ1) is 7.33. The van der Waals surface area contributed by atoms with Crippen LogP contribution in [0.3, 0.4) is 0 Å². The largest absolute Gasteiger partial charge is 0.467 e. The summed E-state index contributed by atoms with van der Waals surface area (Å²) in [6, 6.07) is 6.16. The second-order valence-corrected chi connectivity index (χ2v) is 3.80. The number of hydrogen-bond donors (Lipinski definition) is 0. The Balaban J connectivity index is 2.34. The van der Waals surface area contributed by atoms with Crippen LogP contribution in [0.25, 0.3) is 5.57 Å². The standard InChI is InChI=1S/C13H16O2/c1-10-5-3-6-11-7-4-8-12(13(10)11)15-9-14-2/h4,7-8H,1,3,5-6,9H2,2H3. The summed E-state index contributed by atoms with van der Waals surface area (Å²) < 4.78 is 10.5. The first kappa shape index (κ1) is 10.2. The fourth-order valence-electron chi connectivity index (χ4n) is 2.05. The minimum atomic E-state index is 0.295. The minimum absolute atomic E-state index is 0.295. The summed E-state index contributed by atoms with van der Waals surface area (Å²) in [5.41, 5.74) is 3.73. The third-order valence-electron chi connectivity index (χ3n) is 2.72. The van der Waals surface area contributed by atoms with Crippen molar-refractivity contribution in [3.05, 3.63) is 35.9 Å². The van der Waals surface area contributed by atoms with Crippen molar-refractivity contribution in [3.8, 4) is 5.75 Å². The Morgan fingerprint density at radius 1 is 1.33 bits per heavy atom. The Morgan fingerprint density at radius 2 is 2.20 bits per heavy atom. The van der Waals surface area contributed by atoms with Crippen molar-refractivity contribution in [2.45, 2.75) is 19.3 Å². The number of hydrogen-bond acceptors (Lipinski definition) is 2. The zero-order valence-corrected chi connectivity index (χ0v) is 9.08. The lowest BCUT2D eigenvalue weighted by atomic mass is 9.88. The molecule has 2 rings (SSSR count). The highest BCUT2D eigenvalue weighted by molar-refractivity contribution is 5.73. The van der Waals surface area contributed by atoms with Gasteiger partial charge in [0.05, 0.1) is 0 Å². The predicted octanol–water partition coefficient (Wildman–Crippen LogP) is 3.02. The SMILES string of the molecule is C=C1CCCc2cccc(OCOC)c21. The summed E-state index contributed by atoms with van der Waals surface area (Å²) in [6.45, 7) is 4.40. The molecule has 0 spiro atoms. The van der Waals surface area contributed by atoms with Crippen molar-refractivity contribution >= 4 is 5.57 Å². The Labute approximate surface area is 90.5 Å². The summed E-state index contributed by atoms with van der Waals surface area (Å²) in [5.74, 6) is 0.902. The Morgan fingerprint density at radius 3 is 3.00 bits per heavy atom. The third kappa shape index (κ3) is 2.05. The Kier molecular flexibility index (Phi) is 3.07. The van der Waals surface area contributed by atoms with E-state index in [9.17, 15) is 0 Å². The van der Waals surface area contributed by atoms with Gasteiger partial charge in [0.1, 0.15) is 5.75 Å². The molecule has 0 bridgehead atoms. The van der Waals surface area contributed by atoms with Crippen LogP contribution in [0, 0.1) is 0 Å². The van der Waals surface area contributed by atoms with Crippen LogP contribution in [0.5, 0.6) is 5.75 Å². The molecule has 0 N–H and O–H groups in total. The number of aryl methyl sites for hydroxylation is 1. The highest BCUT2D eigenvalue weighted by Crippen LogP contribution is 2.36. The second-order valence-electron chi connectivity index (χ2n) is 3.80. The van der Waals surface area contributed by atoms with Gasteiger partial charge < -0.3 is 9.47 Å². The van der Waals surface area contributed by atoms with Crippen LogP contribution in [0.15, 0.2) is 24.8 Å². The molecule has 0 atom stereocenters. The van der Waals surface area contributed by atoms with E-state index in [2.05, 4.69) is 12.6 Å². The highest BCUT2D eigenvalue weighted by Gasteiger charge is 2.16. The van der Waals surface area contributed by atoms with Crippen LogP contribution < -0.4 is 4.74 Å². The van der Waals surface area contributed by atoms with Gasteiger partial charge >= 0.3 is 0 Å². The predicted molar refractivity (Wildman–Crippen MR) is 60.9 cm³/mol. The molecule has 0 saturated carbocycles. The van der Waals surface area contributed by atoms with Gasteiger partial charge in [-0.3, -0.25) is 0 Å². The highest BCUT2D eigenvalue weighted by atomic mass is 16.7. The van der Waals surface area contributed by atoms with Gasteiger partial charge in [0.15, 0.2) is 6.79 Å². The van der Waals surface area contributed by atoms with Crippen molar-refractivity contribution in [1.82, 2.24) is 0 Å². The molecule has 0 saturated heterocycles. The number of allylic oxidation sites excluding steroid dienone is 1. The molecule has 0 unspecified atom stereocenters. The fourth-order valence-corrected chi connectivity index (χ4v) is 2.05. The maximum atomic E-state index is 5.54. The van der Waals surface area contributed by atoms with Gasteiger partial charge in [-0.15, -0.1) is 0 Å². The van der Waals surface area contributed by atoms with Crippen molar-refractivity contribution in [3.63, 3.8) is 0 Å². The molecule has 15 heavy (non-hydrogen) atoms. The lowest BCUT2D eigenvalue weighted by Crippen LogP contribution is -2.06. The molecule has 80 valence electrons. The monoisotopic (exact) mass is 204 g/mol. The molecule has 0 aromatic heterocycles. The van der Waals surface area contributed by atoms with Crippen LogP contribution in [-0.4, -0.2) is 13.9 Å². The number of rotatable bonds is 3. The van der Waals surface area contributed by atoms with E-state index >= 15 is 0 Å². The van der Waals surface area contributed by atoms with Crippen LogP contribution in [0.2, 0.25) is 0 Å². The molecule has 1 aliphatic carbocycles. The lowest BCUT2D eigenvalue weighted by Gasteiger charge is -2.21. The average Bonchev–Trinajstić information content (AvgIpc) is 2.26. The summed E-state index contributed by atoms with van der Waals surface area (Å²) >= 11 is 0. The first-order valence-electron chi connectivity index (χ1n) is 5.24. The number of methoxy groups -OCH3 is 1. The van der Waals surface area contributed by atoms with Crippen LogP contribution >= 0.6 is 0 Å². The topological polar surface area (TPSA) is 18.5 Å². The van der Waals surface area contributed by atoms with E-state index in [0.717, 1.165) is 18.6 Å². The van der Waals surface area contributed by atoms with Crippen LogP contribution in [0.4, 0.5) is 0 Å². The fraction of sp³-hybridized carbons (Fsp3) is 0.385. The van der Waals surface area contributed by atoms with E-state index in [1.54, 1.807) is 7.11 Å². The zero-order valence-electron chi connectivity index (χ0n) is 9.08. The van der Waals surface area contributed by atoms with Gasteiger partial charge in [0, 0.05) is 12.7 Å². The van der Waals surface area contributed by atoms with Crippen molar-refractivity contribution in [1.29, 1.82) is 0 Å². The average molecular weight is 204 g/mol. The van der Waals surface area contributed by atoms with E-state index in [4.69, 9.17) is 9.47 Å². The maximum Gasteiger partial charge on any atom is 0.188 e. The molecule has 0 amide bonds. The van der Waals surface area contributed by atoms with Crippen molar-refractivity contribution in [2.75, 3.05) is 13.9 Å². The summed E-state index contributed by atoms with van der Waals surface area (Å²) in [6.07, 6.45) is 3.39. The Hall–Kier alpha value is -1.28. The molecule has 2 heteroatoms.